The van der Waals surface area contributed by atoms with Crippen molar-refractivity contribution in [3.8, 4) is 0 Å². The van der Waals surface area contributed by atoms with Gasteiger partial charge in [0.1, 0.15) is 11.6 Å². The van der Waals surface area contributed by atoms with Gasteiger partial charge in [0.2, 0.25) is 5.91 Å². The molecule has 0 aromatic heterocycles. The molecule has 0 bridgehead atoms. The normalized spacial score (nSPS) is 31.5. The monoisotopic (exact) mass is 472 g/mol. The van der Waals surface area contributed by atoms with E-state index in [0.29, 0.717) is 31.7 Å². The first-order chi connectivity index (χ1) is 14.4. The van der Waals surface area contributed by atoms with Crippen LogP contribution in [0.4, 0.5) is 8.78 Å². The number of amides is 1. The predicted octanol–water partition coefficient (Wildman–Crippen LogP) is 4.85. The van der Waals surface area contributed by atoms with Crippen molar-refractivity contribution in [3.63, 3.8) is 0 Å². The molecule has 7 heteroatoms. The molecule has 0 saturated carbocycles. The SMILES string of the molecule is CCCC1(O)C(C)CN(C(=O)[C@@H]2CN(C(C)(C)C)C[C@H]2c2ccc(F)cc2F)CC1C.Cl. The lowest BCUT2D eigenvalue weighted by Crippen LogP contribution is -2.58. The summed E-state index contributed by atoms with van der Waals surface area (Å²) in [7, 11) is 0. The summed E-state index contributed by atoms with van der Waals surface area (Å²) in [5.41, 5.74) is -0.513. The fraction of sp³-hybridized carbons (Fsp3) is 0.720. The first-order valence-corrected chi connectivity index (χ1v) is 11.6. The van der Waals surface area contributed by atoms with Gasteiger partial charge < -0.3 is 10.0 Å². The van der Waals surface area contributed by atoms with Gasteiger partial charge in [-0.05, 0) is 38.8 Å². The van der Waals surface area contributed by atoms with Crippen molar-refractivity contribution in [2.24, 2.45) is 17.8 Å². The summed E-state index contributed by atoms with van der Waals surface area (Å²) in [6.45, 7) is 14.5. The van der Waals surface area contributed by atoms with Crippen LogP contribution in [-0.2, 0) is 4.79 Å². The minimum Gasteiger partial charge on any atom is -0.389 e. The lowest BCUT2D eigenvalue weighted by atomic mass is 9.72. The Bertz CT molecular complexity index is 802. The average molecular weight is 473 g/mol. The largest absolute Gasteiger partial charge is 0.389 e. The Hall–Kier alpha value is -1.24. The van der Waals surface area contributed by atoms with Crippen LogP contribution in [0.25, 0.3) is 0 Å². The van der Waals surface area contributed by atoms with Crippen LogP contribution in [0.5, 0.6) is 0 Å². The van der Waals surface area contributed by atoms with Crippen LogP contribution in [0.3, 0.4) is 0 Å². The highest BCUT2D eigenvalue weighted by atomic mass is 35.5. The maximum atomic E-state index is 14.7. The van der Waals surface area contributed by atoms with Gasteiger partial charge in [-0.3, -0.25) is 9.69 Å². The van der Waals surface area contributed by atoms with Gasteiger partial charge in [-0.1, -0.05) is 33.3 Å². The van der Waals surface area contributed by atoms with Crippen LogP contribution in [0.1, 0.15) is 65.9 Å². The summed E-state index contributed by atoms with van der Waals surface area (Å²) < 4.78 is 28.2. The van der Waals surface area contributed by atoms with Gasteiger partial charge in [-0.2, -0.15) is 0 Å². The third kappa shape index (κ3) is 5.13. The van der Waals surface area contributed by atoms with Gasteiger partial charge in [0, 0.05) is 55.5 Å². The van der Waals surface area contributed by atoms with E-state index in [4.69, 9.17) is 0 Å². The highest BCUT2D eigenvalue weighted by Gasteiger charge is 2.49. The summed E-state index contributed by atoms with van der Waals surface area (Å²) in [6, 6.07) is 3.67. The molecule has 0 radical (unpaired) electrons. The molecule has 2 unspecified atom stereocenters. The van der Waals surface area contributed by atoms with Crippen molar-refractivity contribution in [2.45, 2.75) is 71.4 Å². The highest BCUT2D eigenvalue weighted by Crippen LogP contribution is 2.41. The number of piperidine rings is 1. The molecule has 4 atom stereocenters. The number of nitrogens with zero attached hydrogens (tertiary/aromatic N) is 2. The molecular weight excluding hydrogens is 434 g/mol. The van der Waals surface area contributed by atoms with E-state index in [1.54, 1.807) is 0 Å². The zero-order valence-corrected chi connectivity index (χ0v) is 21.0. The van der Waals surface area contributed by atoms with Gasteiger partial charge in [0.15, 0.2) is 0 Å². The van der Waals surface area contributed by atoms with E-state index < -0.39 is 23.2 Å². The molecule has 2 aliphatic rings. The lowest BCUT2D eigenvalue weighted by Gasteiger charge is -2.48. The quantitative estimate of drug-likeness (QED) is 0.681. The Balaban J connectivity index is 0.00000363. The lowest BCUT2D eigenvalue weighted by molar-refractivity contribution is -0.152. The first-order valence-electron chi connectivity index (χ1n) is 11.6. The molecule has 182 valence electrons. The molecule has 32 heavy (non-hydrogen) atoms. The van der Waals surface area contributed by atoms with Crippen molar-refractivity contribution in [2.75, 3.05) is 26.2 Å². The Morgan fingerprint density at radius 1 is 1.12 bits per heavy atom. The second-order valence-electron chi connectivity index (χ2n) is 10.7. The highest BCUT2D eigenvalue weighted by molar-refractivity contribution is 5.85. The number of carbonyl (C=O) groups is 1. The van der Waals surface area contributed by atoms with Gasteiger partial charge in [-0.15, -0.1) is 12.4 Å². The Morgan fingerprint density at radius 2 is 1.72 bits per heavy atom. The molecule has 3 rings (SSSR count). The Labute approximate surface area is 197 Å². The maximum Gasteiger partial charge on any atom is 0.227 e. The number of rotatable bonds is 4. The van der Waals surface area contributed by atoms with Crippen LogP contribution < -0.4 is 0 Å². The number of aliphatic hydroxyl groups is 1. The summed E-state index contributed by atoms with van der Waals surface area (Å²) in [4.78, 5) is 17.8. The zero-order chi connectivity index (χ0) is 23.1. The second kappa shape index (κ2) is 9.94. The molecule has 1 aromatic carbocycles. The molecular formula is C25H39ClF2N2O2. The van der Waals surface area contributed by atoms with Crippen molar-refractivity contribution in [1.82, 2.24) is 9.80 Å². The van der Waals surface area contributed by atoms with Crippen LogP contribution in [0.15, 0.2) is 18.2 Å². The van der Waals surface area contributed by atoms with E-state index in [-0.39, 0.29) is 41.6 Å². The predicted molar refractivity (Wildman–Crippen MR) is 126 cm³/mol. The summed E-state index contributed by atoms with van der Waals surface area (Å²) >= 11 is 0. The van der Waals surface area contributed by atoms with E-state index in [1.165, 1.54) is 12.1 Å². The number of likely N-dealkylation sites (tertiary alicyclic amines) is 2. The number of halogens is 3. The molecule has 4 nitrogen and oxygen atoms in total. The van der Waals surface area contributed by atoms with E-state index in [0.717, 1.165) is 18.9 Å². The minimum absolute atomic E-state index is 0. The number of hydrogen-bond donors (Lipinski definition) is 1. The molecule has 2 heterocycles. The van der Waals surface area contributed by atoms with Crippen LogP contribution >= 0.6 is 12.4 Å². The van der Waals surface area contributed by atoms with Gasteiger partial charge in [-0.25, -0.2) is 8.78 Å². The topological polar surface area (TPSA) is 43.8 Å². The van der Waals surface area contributed by atoms with Crippen LogP contribution in [0, 0.1) is 29.4 Å². The Kier molecular flexibility index (Phi) is 8.39. The molecule has 0 spiro atoms. The first kappa shape index (κ1) is 27.0. The number of hydrogen-bond acceptors (Lipinski definition) is 3. The van der Waals surface area contributed by atoms with E-state index >= 15 is 0 Å². The van der Waals surface area contributed by atoms with Crippen molar-refractivity contribution < 1.29 is 18.7 Å². The fourth-order valence-corrected chi connectivity index (χ4v) is 5.56. The van der Waals surface area contributed by atoms with Gasteiger partial charge >= 0.3 is 0 Å². The third-order valence-electron chi connectivity index (χ3n) is 7.61. The maximum absolute atomic E-state index is 14.7. The molecule has 1 N–H and O–H groups in total. The molecule has 1 amide bonds. The third-order valence-corrected chi connectivity index (χ3v) is 7.61. The number of benzene rings is 1. The molecule has 0 aliphatic carbocycles. The number of carbonyl (C=O) groups excluding carboxylic acids is 1. The zero-order valence-electron chi connectivity index (χ0n) is 20.2. The van der Waals surface area contributed by atoms with Crippen LogP contribution in [0.2, 0.25) is 0 Å². The molecule has 2 saturated heterocycles. The average Bonchev–Trinajstić information content (AvgIpc) is 3.11. The minimum atomic E-state index is -0.763. The summed E-state index contributed by atoms with van der Waals surface area (Å²) in [6.07, 6.45) is 1.62. The van der Waals surface area contributed by atoms with Crippen molar-refractivity contribution in [1.29, 1.82) is 0 Å². The second-order valence-corrected chi connectivity index (χ2v) is 10.7. The van der Waals surface area contributed by atoms with Gasteiger partial charge in [0.05, 0.1) is 11.5 Å². The fourth-order valence-electron chi connectivity index (χ4n) is 5.56. The van der Waals surface area contributed by atoms with E-state index in [9.17, 15) is 18.7 Å². The van der Waals surface area contributed by atoms with E-state index in [2.05, 4.69) is 32.6 Å². The standard InChI is InChI=1S/C25H38F2N2O2.ClH/c1-7-10-25(31)16(2)12-28(13-17(25)3)23(30)21-15-29(24(4,5)6)14-20(21)19-9-8-18(26)11-22(19)27;/h8-9,11,16-17,20-21,31H,7,10,12-15H2,1-6H3;1H/t16?,17?,20-,21+,25?;/m0./s1. The molecule has 2 fully saturated rings. The van der Waals surface area contributed by atoms with Crippen LogP contribution in [-0.4, -0.2) is 58.1 Å². The molecule has 1 aromatic rings. The molecule has 2 aliphatic heterocycles. The van der Waals surface area contributed by atoms with E-state index in [1.807, 2.05) is 18.7 Å². The smallest absolute Gasteiger partial charge is 0.227 e. The Morgan fingerprint density at radius 3 is 2.22 bits per heavy atom. The van der Waals surface area contributed by atoms with Gasteiger partial charge in [0.25, 0.3) is 0 Å². The van der Waals surface area contributed by atoms with Crippen molar-refractivity contribution in [3.05, 3.63) is 35.4 Å². The summed E-state index contributed by atoms with van der Waals surface area (Å²) in [5.74, 6) is -1.95. The van der Waals surface area contributed by atoms with Crippen molar-refractivity contribution >= 4 is 18.3 Å². The summed E-state index contributed by atoms with van der Waals surface area (Å²) in [5, 5.41) is 11.2.